The topological polar surface area (TPSA) is 95.2 Å². The number of carbonyl (C=O) groups excluding carboxylic acids is 2. The van der Waals surface area contributed by atoms with E-state index in [1.165, 1.54) is 18.7 Å². The highest BCUT2D eigenvalue weighted by Crippen LogP contribution is 2.24. The van der Waals surface area contributed by atoms with Gasteiger partial charge in [-0.25, -0.2) is 4.98 Å². The minimum atomic E-state index is -0.382. The lowest BCUT2D eigenvalue weighted by molar-refractivity contribution is 0.0743. The number of hydrogen-bond donors (Lipinski definition) is 2. The molecule has 0 radical (unpaired) electrons. The fraction of sp³-hybridized carbons (Fsp3) is 0.267. The Balaban J connectivity index is 1.27. The molecule has 37 heavy (non-hydrogen) atoms. The summed E-state index contributed by atoms with van der Waals surface area (Å²) >= 11 is 0. The van der Waals surface area contributed by atoms with Gasteiger partial charge in [0.2, 0.25) is 5.43 Å². The van der Waals surface area contributed by atoms with Crippen molar-refractivity contribution in [1.82, 2.24) is 14.9 Å². The van der Waals surface area contributed by atoms with Gasteiger partial charge in [0.15, 0.2) is 5.78 Å². The number of aryl methyl sites for hydroxylation is 1. The van der Waals surface area contributed by atoms with Crippen LogP contribution in [-0.2, 0) is 6.42 Å². The second-order valence-corrected chi connectivity index (χ2v) is 9.48. The van der Waals surface area contributed by atoms with Crippen molar-refractivity contribution >= 4 is 28.5 Å². The Morgan fingerprint density at radius 2 is 1.73 bits per heavy atom. The van der Waals surface area contributed by atoms with Crippen LogP contribution in [0.25, 0.3) is 22.2 Å². The summed E-state index contributed by atoms with van der Waals surface area (Å²) in [5, 5.41) is 3.29. The van der Waals surface area contributed by atoms with Gasteiger partial charge in [-0.05, 0) is 67.1 Å². The van der Waals surface area contributed by atoms with Crippen LogP contribution in [0.4, 0.5) is 5.82 Å². The molecule has 1 aliphatic heterocycles. The van der Waals surface area contributed by atoms with Crippen molar-refractivity contribution in [3.05, 3.63) is 93.8 Å². The summed E-state index contributed by atoms with van der Waals surface area (Å²) < 4.78 is 0. The number of benzene rings is 2. The molecule has 1 atom stereocenters. The first-order valence-electron chi connectivity index (χ1n) is 12.7. The van der Waals surface area contributed by atoms with Crippen molar-refractivity contribution in [2.24, 2.45) is 0 Å². The van der Waals surface area contributed by atoms with E-state index < -0.39 is 0 Å². The number of pyridine rings is 2. The molecule has 2 aromatic carbocycles. The summed E-state index contributed by atoms with van der Waals surface area (Å²) in [6.07, 6.45) is 4.27. The molecule has 4 aromatic rings. The number of aromatic nitrogens is 2. The van der Waals surface area contributed by atoms with Crippen molar-refractivity contribution < 1.29 is 9.59 Å². The molecule has 0 spiro atoms. The molecule has 1 amide bonds. The summed E-state index contributed by atoms with van der Waals surface area (Å²) in [6.45, 7) is 4.73. The molecule has 1 saturated heterocycles. The highest BCUT2D eigenvalue weighted by atomic mass is 16.2. The van der Waals surface area contributed by atoms with Gasteiger partial charge in [0.05, 0.1) is 11.1 Å². The van der Waals surface area contributed by atoms with Crippen LogP contribution in [0.15, 0.2) is 71.7 Å². The Labute approximate surface area is 215 Å². The summed E-state index contributed by atoms with van der Waals surface area (Å²) in [6, 6.07) is 19.9. The van der Waals surface area contributed by atoms with Gasteiger partial charge in [-0.15, -0.1) is 0 Å². The number of nitrogens with one attached hydrogen (secondary N) is 2. The van der Waals surface area contributed by atoms with E-state index in [1.807, 2.05) is 29.2 Å². The Morgan fingerprint density at radius 3 is 2.41 bits per heavy atom. The lowest BCUT2D eigenvalue weighted by Crippen LogP contribution is -2.39. The highest BCUT2D eigenvalue weighted by Gasteiger charge is 2.29. The predicted molar refractivity (Wildman–Crippen MR) is 146 cm³/mol. The molecule has 5 rings (SSSR count). The molecule has 188 valence electrons. The van der Waals surface area contributed by atoms with Crippen LogP contribution < -0.4 is 10.7 Å². The number of likely N-dealkylation sites (tertiary alicyclic amines) is 1. The number of H-pyrrole nitrogens is 1. The molecule has 1 aliphatic rings. The van der Waals surface area contributed by atoms with Gasteiger partial charge in [0.25, 0.3) is 5.91 Å². The minimum Gasteiger partial charge on any atom is -0.368 e. The highest BCUT2D eigenvalue weighted by molar-refractivity contribution is 5.96. The zero-order valence-corrected chi connectivity index (χ0v) is 21.1. The number of amides is 1. The normalized spacial score (nSPS) is 15.2. The molecule has 0 bridgehead atoms. The molecule has 7 heteroatoms. The SMILES string of the molecule is CCc1ccc(-c2ccc(C(=O)N3CCCC3CNc3ccc4[nH]cc(C(C)=O)c(=O)c4n3)cc2)cc1. The average Bonchev–Trinajstić information content (AvgIpc) is 3.40. The van der Waals surface area contributed by atoms with Gasteiger partial charge in [-0.3, -0.25) is 14.4 Å². The number of rotatable bonds is 7. The first-order valence-corrected chi connectivity index (χ1v) is 12.7. The van der Waals surface area contributed by atoms with Crippen LogP contribution in [0.2, 0.25) is 0 Å². The molecule has 1 unspecified atom stereocenters. The van der Waals surface area contributed by atoms with Crippen LogP contribution in [0.1, 0.15) is 53.0 Å². The summed E-state index contributed by atoms with van der Waals surface area (Å²) in [7, 11) is 0. The lowest BCUT2D eigenvalue weighted by Gasteiger charge is -2.25. The first-order chi connectivity index (χ1) is 17.9. The van der Waals surface area contributed by atoms with Crippen molar-refractivity contribution in [3.8, 4) is 11.1 Å². The average molecular weight is 495 g/mol. The van der Waals surface area contributed by atoms with Crippen LogP contribution >= 0.6 is 0 Å². The predicted octanol–water partition coefficient (Wildman–Crippen LogP) is 5.07. The monoisotopic (exact) mass is 494 g/mol. The second-order valence-electron chi connectivity index (χ2n) is 9.48. The number of Topliss-reactive ketones (excluding diaryl/α,β-unsaturated/α-hetero) is 1. The van der Waals surface area contributed by atoms with Crippen molar-refractivity contribution in [2.45, 2.75) is 39.2 Å². The molecular weight excluding hydrogens is 464 g/mol. The molecule has 0 aliphatic carbocycles. The van der Waals surface area contributed by atoms with Crippen molar-refractivity contribution in [1.29, 1.82) is 0 Å². The van der Waals surface area contributed by atoms with Crippen LogP contribution in [0, 0.1) is 0 Å². The second kappa shape index (κ2) is 10.4. The van der Waals surface area contributed by atoms with E-state index in [0.29, 0.717) is 30.0 Å². The van der Waals surface area contributed by atoms with Gasteiger partial charge in [0.1, 0.15) is 11.3 Å². The number of ketones is 1. The maximum absolute atomic E-state index is 13.3. The number of fused-ring (bicyclic) bond motifs is 1. The van der Waals surface area contributed by atoms with Crippen molar-refractivity contribution in [3.63, 3.8) is 0 Å². The molecule has 3 heterocycles. The minimum absolute atomic E-state index is 0.0196. The van der Waals surface area contributed by atoms with E-state index in [0.717, 1.165) is 30.4 Å². The number of aromatic amines is 1. The van der Waals surface area contributed by atoms with E-state index >= 15 is 0 Å². The third-order valence-corrected chi connectivity index (χ3v) is 7.09. The number of carbonyl (C=O) groups is 2. The van der Waals surface area contributed by atoms with Crippen LogP contribution in [0.5, 0.6) is 0 Å². The molecule has 0 saturated carbocycles. The summed E-state index contributed by atoms with van der Waals surface area (Å²) in [4.78, 5) is 47.0. The third kappa shape index (κ3) is 5.03. The van der Waals surface area contributed by atoms with Gasteiger partial charge < -0.3 is 15.2 Å². The Bertz CT molecular complexity index is 1510. The lowest BCUT2D eigenvalue weighted by atomic mass is 10.0. The van der Waals surface area contributed by atoms with Gasteiger partial charge in [0, 0.05) is 30.9 Å². The maximum Gasteiger partial charge on any atom is 0.254 e. The van der Waals surface area contributed by atoms with E-state index in [4.69, 9.17) is 0 Å². The molecule has 2 N–H and O–H groups in total. The number of hydrogen-bond acceptors (Lipinski definition) is 5. The maximum atomic E-state index is 13.3. The quantitative estimate of drug-likeness (QED) is 0.350. The molecule has 1 fully saturated rings. The largest absolute Gasteiger partial charge is 0.368 e. The smallest absolute Gasteiger partial charge is 0.254 e. The van der Waals surface area contributed by atoms with E-state index in [2.05, 4.69) is 46.5 Å². The summed E-state index contributed by atoms with van der Waals surface area (Å²) in [5.41, 5.74) is 4.70. The first kappa shape index (κ1) is 24.4. The molecular formula is C30H30N4O3. The van der Waals surface area contributed by atoms with Gasteiger partial charge in [-0.2, -0.15) is 0 Å². The van der Waals surface area contributed by atoms with Crippen LogP contribution in [0.3, 0.4) is 0 Å². The van der Waals surface area contributed by atoms with E-state index in [1.54, 1.807) is 12.1 Å². The zero-order valence-electron chi connectivity index (χ0n) is 21.1. The van der Waals surface area contributed by atoms with E-state index in [-0.39, 0.29) is 34.2 Å². The Kier molecular flexibility index (Phi) is 6.86. The zero-order chi connectivity index (χ0) is 25.9. The Hall–Kier alpha value is -4.26. The van der Waals surface area contributed by atoms with Gasteiger partial charge in [-0.1, -0.05) is 43.3 Å². The Morgan fingerprint density at radius 1 is 1.03 bits per heavy atom. The standard InChI is InChI=1S/C30H30N4O3/c1-3-20-6-8-21(9-7-20)22-10-12-23(13-11-22)30(37)34-16-4-5-24(34)17-32-27-15-14-26-28(33-27)29(36)25(18-31-26)19(2)35/h6-15,18,24H,3-5,16-17H2,1-2H3,(H,31,36)(H,32,33). The fourth-order valence-corrected chi connectivity index (χ4v) is 4.89. The number of nitrogens with zero attached hydrogens (tertiary/aromatic N) is 2. The molecule has 7 nitrogen and oxygen atoms in total. The fourth-order valence-electron chi connectivity index (χ4n) is 4.89. The summed E-state index contributed by atoms with van der Waals surface area (Å²) in [5.74, 6) is 0.258. The van der Waals surface area contributed by atoms with E-state index in [9.17, 15) is 14.4 Å². The number of anilines is 1. The third-order valence-electron chi connectivity index (χ3n) is 7.09. The van der Waals surface area contributed by atoms with Crippen LogP contribution in [-0.4, -0.2) is 45.7 Å². The molecule has 2 aromatic heterocycles. The van der Waals surface area contributed by atoms with Gasteiger partial charge >= 0.3 is 0 Å². The van der Waals surface area contributed by atoms with Crippen molar-refractivity contribution in [2.75, 3.05) is 18.4 Å².